The molecule has 1 aromatic rings. The van der Waals surface area contributed by atoms with E-state index in [0.29, 0.717) is 18.0 Å². The lowest BCUT2D eigenvalue weighted by Gasteiger charge is -2.21. The van der Waals surface area contributed by atoms with Gasteiger partial charge in [-0.25, -0.2) is 9.38 Å². The molecule has 1 fully saturated rings. The predicted molar refractivity (Wildman–Crippen MR) is 109 cm³/mol. The van der Waals surface area contributed by atoms with Crippen LogP contribution >= 0.6 is 24.0 Å². The van der Waals surface area contributed by atoms with Crippen LogP contribution in [0.2, 0.25) is 0 Å². The van der Waals surface area contributed by atoms with E-state index >= 15 is 0 Å². The molecule has 0 saturated carbocycles. The summed E-state index contributed by atoms with van der Waals surface area (Å²) in [6.07, 6.45) is 2.65. The number of likely N-dealkylation sites (tertiary alicyclic amines) is 1. The van der Waals surface area contributed by atoms with Gasteiger partial charge in [-0.1, -0.05) is 25.1 Å². The highest BCUT2D eigenvalue weighted by Gasteiger charge is 2.14. The van der Waals surface area contributed by atoms with Gasteiger partial charge in [0, 0.05) is 25.2 Å². The highest BCUT2D eigenvalue weighted by Crippen LogP contribution is 2.10. The van der Waals surface area contributed by atoms with Crippen LogP contribution in [0.4, 0.5) is 4.39 Å². The van der Waals surface area contributed by atoms with E-state index in [0.717, 1.165) is 25.6 Å². The number of nitrogens with zero attached hydrogens (tertiary/aromatic N) is 2. The average molecular weight is 448 g/mol. The van der Waals surface area contributed by atoms with Gasteiger partial charge in [-0.05, 0) is 44.8 Å². The van der Waals surface area contributed by atoms with E-state index in [1.54, 1.807) is 12.1 Å². The highest BCUT2D eigenvalue weighted by molar-refractivity contribution is 14.0. The minimum Gasteiger partial charge on any atom is -0.357 e. The Morgan fingerprint density at radius 3 is 2.62 bits per heavy atom. The van der Waals surface area contributed by atoms with Gasteiger partial charge < -0.3 is 15.5 Å². The smallest absolute Gasteiger partial charge is 0.191 e. The van der Waals surface area contributed by atoms with Crippen LogP contribution in [0.3, 0.4) is 0 Å². The van der Waals surface area contributed by atoms with Crippen molar-refractivity contribution in [3.8, 4) is 0 Å². The number of guanidine groups is 1. The average Bonchev–Trinajstić information content (AvgIpc) is 3.04. The summed E-state index contributed by atoms with van der Waals surface area (Å²) in [7, 11) is 0. The molecule has 1 unspecified atom stereocenters. The Morgan fingerprint density at radius 1 is 1.25 bits per heavy atom. The normalized spacial score (nSPS) is 16.5. The van der Waals surface area contributed by atoms with Crippen LogP contribution in [0.15, 0.2) is 29.3 Å². The van der Waals surface area contributed by atoms with Crippen LogP contribution in [0, 0.1) is 11.7 Å². The summed E-state index contributed by atoms with van der Waals surface area (Å²) in [6.45, 7) is 9.89. The molecule has 4 nitrogen and oxygen atoms in total. The molecule has 1 aliphatic rings. The second-order valence-electron chi connectivity index (χ2n) is 6.28. The van der Waals surface area contributed by atoms with E-state index in [2.05, 4.69) is 27.4 Å². The zero-order valence-corrected chi connectivity index (χ0v) is 17.1. The molecule has 0 spiro atoms. The Bertz CT molecular complexity index is 504. The lowest BCUT2D eigenvalue weighted by Crippen LogP contribution is -2.41. The SMILES string of the molecule is CCNC(=NCc1ccccc1F)NCC(C)CN1CCCC1.I. The molecule has 0 aromatic heterocycles. The van der Waals surface area contributed by atoms with Crippen molar-refractivity contribution in [3.63, 3.8) is 0 Å². The largest absolute Gasteiger partial charge is 0.357 e. The van der Waals surface area contributed by atoms with Gasteiger partial charge in [0.1, 0.15) is 5.82 Å². The third kappa shape index (κ3) is 7.34. The molecule has 0 amide bonds. The zero-order chi connectivity index (χ0) is 16.5. The first kappa shape index (κ1) is 21.2. The van der Waals surface area contributed by atoms with Gasteiger partial charge in [-0.15, -0.1) is 24.0 Å². The Labute approximate surface area is 162 Å². The Balaban J connectivity index is 0.00000288. The second kappa shape index (κ2) is 11.6. The van der Waals surface area contributed by atoms with Crippen LogP contribution in [-0.4, -0.2) is 43.6 Å². The first-order valence-electron chi connectivity index (χ1n) is 8.67. The molecule has 1 aliphatic heterocycles. The minimum absolute atomic E-state index is 0. The zero-order valence-electron chi connectivity index (χ0n) is 14.7. The Kier molecular flexibility index (Phi) is 10.2. The van der Waals surface area contributed by atoms with E-state index in [1.165, 1.54) is 32.0 Å². The third-order valence-corrected chi connectivity index (χ3v) is 4.10. The maximum Gasteiger partial charge on any atom is 0.191 e. The molecular weight excluding hydrogens is 418 g/mol. The monoisotopic (exact) mass is 448 g/mol. The molecule has 1 heterocycles. The van der Waals surface area contributed by atoms with Gasteiger partial charge in [0.2, 0.25) is 0 Å². The fourth-order valence-electron chi connectivity index (χ4n) is 2.87. The summed E-state index contributed by atoms with van der Waals surface area (Å²) in [4.78, 5) is 7.01. The van der Waals surface area contributed by atoms with Gasteiger partial charge in [0.25, 0.3) is 0 Å². The van der Waals surface area contributed by atoms with Crippen molar-refractivity contribution in [1.29, 1.82) is 0 Å². The van der Waals surface area contributed by atoms with Crippen molar-refractivity contribution in [2.75, 3.05) is 32.7 Å². The number of hydrogen-bond acceptors (Lipinski definition) is 2. The van der Waals surface area contributed by atoms with Crippen molar-refractivity contribution < 1.29 is 4.39 Å². The van der Waals surface area contributed by atoms with Crippen LogP contribution in [-0.2, 0) is 6.54 Å². The third-order valence-electron chi connectivity index (χ3n) is 4.10. The molecule has 1 atom stereocenters. The Morgan fingerprint density at radius 2 is 1.96 bits per heavy atom. The topological polar surface area (TPSA) is 39.7 Å². The van der Waals surface area contributed by atoms with E-state index < -0.39 is 0 Å². The summed E-state index contributed by atoms with van der Waals surface area (Å²) >= 11 is 0. The lowest BCUT2D eigenvalue weighted by molar-refractivity contribution is 0.287. The van der Waals surface area contributed by atoms with Gasteiger partial charge in [0.05, 0.1) is 6.54 Å². The van der Waals surface area contributed by atoms with Crippen LogP contribution in [0.1, 0.15) is 32.3 Å². The van der Waals surface area contributed by atoms with Crippen molar-refractivity contribution in [3.05, 3.63) is 35.6 Å². The highest BCUT2D eigenvalue weighted by atomic mass is 127. The maximum absolute atomic E-state index is 13.7. The van der Waals surface area contributed by atoms with E-state index in [9.17, 15) is 4.39 Å². The van der Waals surface area contributed by atoms with Gasteiger partial charge in [-0.2, -0.15) is 0 Å². The van der Waals surface area contributed by atoms with Gasteiger partial charge in [0.15, 0.2) is 5.96 Å². The summed E-state index contributed by atoms with van der Waals surface area (Å²) < 4.78 is 13.7. The first-order chi connectivity index (χ1) is 11.2. The number of aliphatic imine (C=N–C) groups is 1. The molecule has 24 heavy (non-hydrogen) atoms. The van der Waals surface area contributed by atoms with Crippen molar-refractivity contribution in [2.45, 2.75) is 33.2 Å². The molecule has 1 aromatic carbocycles. The molecule has 136 valence electrons. The summed E-state index contributed by atoms with van der Waals surface area (Å²) in [5, 5.41) is 6.60. The van der Waals surface area contributed by atoms with Crippen LogP contribution < -0.4 is 10.6 Å². The number of hydrogen-bond donors (Lipinski definition) is 2. The maximum atomic E-state index is 13.7. The number of benzene rings is 1. The molecule has 0 aliphatic carbocycles. The number of nitrogens with one attached hydrogen (secondary N) is 2. The number of rotatable bonds is 7. The number of halogens is 2. The Hall–Kier alpha value is -0.890. The first-order valence-corrected chi connectivity index (χ1v) is 8.67. The summed E-state index contributed by atoms with van der Waals surface area (Å²) in [5.74, 6) is 1.11. The fraction of sp³-hybridized carbons (Fsp3) is 0.611. The van der Waals surface area contributed by atoms with Crippen molar-refractivity contribution in [1.82, 2.24) is 15.5 Å². The van der Waals surface area contributed by atoms with Crippen molar-refractivity contribution in [2.24, 2.45) is 10.9 Å². The lowest BCUT2D eigenvalue weighted by atomic mass is 10.1. The minimum atomic E-state index is -0.200. The molecule has 1 saturated heterocycles. The molecule has 2 rings (SSSR count). The quantitative estimate of drug-likeness (QED) is 0.382. The van der Waals surface area contributed by atoms with E-state index in [-0.39, 0.29) is 29.8 Å². The van der Waals surface area contributed by atoms with Crippen LogP contribution in [0.25, 0.3) is 0 Å². The van der Waals surface area contributed by atoms with Gasteiger partial charge in [-0.3, -0.25) is 0 Å². The summed E-state index contributed by atoms with van der Waals surface area (Å²) in [5.41, 5.74) is 0.620. The standard InChI is InChI=1S/C18H29FN4.HI/c1-3-20-18(22-13-16-8-4-5-9-17(16)19)21-12-15(2)14-23-10-6-7-11-23;/h4-5,8-9,15H,3,6-7,10-14H2,1-2H3,(H2,20,21,22);1H. The molecule has 2 N–H and O–H groups in total. The van der Waals surface area contributed by atoms with Crippen molar-refractivity contribution >= 4 is 29.9 Å². The van der Waals surface area contributed by atoms with Gasteiger partial charge >= 0.3 is 0 Å². The molecule has 0 radical (unpaired) electrons. The van der Waals surface area contributed by atoms with Crippen LogP contribution in [0.5, 0.6) is 0 Å². The van der Waals surface area contributed by atoms with E-state index in [1.807, 2.05) is 13.0 Å². The molecule has 6 heteroatoms. The molecular formula is C18H30FIN4. The van der Waals surface area contributed by atoms with E-state index in [4.69, 9.17) is 0 Å². The fourth-order valence-corrected chi connectivity index (χ4v) is 2.87. The predicted octanol–water partition coefficient (Wildman–Crippen LogP) is 3.23. The summed E-state index contributed by atoms with van der Waals surface area (Å²) in [6, 6.07) is 6.79. The second-order valence-corrected chi connectivity index (χ2v) is 6.28. The molecule has 0 bridgehead atoms.